The number of fused-ring (bicyclic) bond motifs is 1. The zero-order chi connectivity index (χ0) is 16.8. The number of benzene rings is 1. The summed E-state index contributed by atoms with van der Waals surface area (Å²) >= 11 is 6.01. The van der Waals surface area contributed by atoms with Gasteiger partial charge < -0.3 is 9.88 Å². The van der Waals surface area contributed by atoms with Gasteiger partial charge in [-0.15, -0.1) is 5.10 Å². The van der Waals surface area contributed by atoms with Gasteiger partial charge in [0, 0.05) is 18.6 Å². The van der Waals surface area contributed by atoms with Crippen LogP contribution in [0, 0.1) is 0 Å². The Morgan fingerprint density at radius 1 is 1.38 bits per heavy atom. The predicted molar refractivity (Wildman–Crippen MR) is 87.9 cm³/mol. The maximum atomic E-state index is 12.7. The number of imidazole rings is 1. The maximum Gasteiger partial charge on any atom is 0.343 e. The molecule has 1 aliphatic heterocycles. The van der Waals surface area contributed by atoms with E-state index in [1.807, 2.05) is 12.1 Å². The molecule has 9 heteroatoms. The van der Waals surface area contributed by atoms with Crippen LogP contribution < -0.4 is 5.69 Å². The first-order chi connectivity index (χ1) is 11.5. The van der Waals surface area contributed by atoms with Gasteiger partial charge in [0.25, 0.3) is 5.91 Å². The first-order valence-corrected chi connectivity index (χ1v) is 8.00. The van der Waals surface area contributed by atoms with Crippen molar-refractivity contribution in [3.63, 3.8) is 0 Å². The first-order valence-electron chi connectivity index (χ1n) is 7.62. The number of likely N-dealkylation sites (tertiary alicyclic amines) is 1. The van der Waals surface area contributed by atoms with Gasteiger partial charge in [-0.2, -0.15) is 0 Å². The minimum Gasteiger partial charge on any atom is -0.340 e. The molecule has 1 saturated heterocycles. The minimum absolute atomic E-state index is 0.0496. The molecule has 1 aliphatic rings. The smallest absolute Gasteiger partial charge is 0.340 e. The van der Waals surface area contributed by atoms with Gasteiger partial charge in [0.1, 0.15) is 5.82 Å². The Bertz CT molecular complexity index is 987. The lowest BCUT2D eigenvalue weighted by molar-refractivity contribution is 0.0718. The molecule has 3 heterocycles. The Hall–Kier alpha value is -2.61. The van der Waals surface area contributed by atoms with Crippen LogP contribution in [0.1, 0.15) is 35.3 Å². The van der Waals surface area contributed by atoms with Crippen molar-refractivity contribution < 1.29 is 4.79 Å². The SMILES string of the molecule is Cn1nc(C(=O)N2CCCC2c2nc3ccc(Cl)cc3[nH]2)[nH]c1=O. The lowest BCUT2D eigenvalue weighted by atomic mass is 10.2. The standard InChI is InChI=1S/C15H15ClN6O2/c1-21-15(24)19-13(20-21)14(23)22-6-2-3-11(22)12-17-9-5-4-8(16)7-10(9)18-12/h4-5,7,11H,2-3,6H2,1H3,(H,17,18)(H,19,20,24). The fourth-order valence-corrected chi connectivity index (χ4v) is 3.26. The fraction of sp³-hybridized carbons (Fsp3) is 0.333. The highest BCUT2D eigenvalue weighted by atomic mass is 35.5. The van der Waals surface area contributed by atoms with Crippen LogP contribution in [0.5, 0.6) is 0 Å². The molecule has 0 radical (unpaired) electrons. The van der Waals surface area contributed by atoms with Crippen molar-refractivity contribution in [2.24, 2.45) is 7.05 Å². The molecule has 8 nitrogen and oxygen atoms in total. The Morgan fingerprint density at radius 3 is 2.96 bits per heavy atom. The van der Waals surface area contributed by atoms with E-state index in [0.29, 0.717) is 11.6 Å². The molecule has 0 aliphatic carbocycles. The number of nitrogens with zero attached hydrogens (tertiary/aromatic N) is 4. The third-order valence-corrected chi connectivity index (χ3v) is 4.50. The summed E-state index contributed by atoms with van der Waals surface area (Å²) in [5.74, 6) is 0.471. The molecule has 0 bridgehead atoms. The fourth-order valence-electron chi connectivity index (χ4n) is 3.09. The Labute approximate surface area is 141 Å². The number of hydrogen-bond acceptors (Lipinski definition) is 4. The topological polar surface area (TPSA) is 99.7 Å². The van der Waals surface area contributed by atoms with Crippen LogP contribution in [0.25, 0.3) is 11.0 Å². The quantitative estimate of drug-likeness (QED) is 0.736. The van der Waals surface area contributed by atoms with Gasteiger partial charge in [-0.1, -0.05) is 11.6 Å². The van der Waals surface area contributed by atoms with Crippen LogP contribution in [0.4, 0.5) is 0 Å². The molecular weight excluding hydrogens is 332 g/mol. The number of carbonyl (C=O) groups excluding carboxylic acids is 1. The van der Waals surface area contributed by atoms with E-state index in [9.17, 15) is 9.59 Å². The van der Waals surface area contributed by atoms with Gasteiger partial charge in [0.05, 0.1) is 17.1 Å². The van der Waals surface area contributed by atoms with Crippen molar-refractivity contribution in [3.05, 3.63) is 45.4 Å². The average molecular weight is 347 g/mol. The minimum atomic E-state index is -0.410. The zero-order valence-corrected chi connectivity index (χ0v) is 13.7. The molecule has 1 atom stereocenters. The van der Waals surface area contributed by atoms with Crippen LogP contribution >= 0.6 is 11.6 Å². The highest BCUT2D eigenvalue weighted by Crippen LogP contribution is 2.32. The predicted octanol–water partition coefficient (Wildman–Crippen LogP) is 1.62. The highest BCUT2D eigenvalue weighted by molar-refractivity contribution is 6.31. The Kier molecular flexibility index (Phi) is 3.42. The lowest BCUT2D eigenvalue weighted by Gasteiger charge is -2.21. The molecule has 1 fully saturated rings. The second-order valence-corrected chi connectivity index (χ2v) is 6.28. The molecule has 4 rings (SSSR count). The van der Waals surface area contributed by atoms with E-state index in [4.69, 9.17) is 11.6 Å². The van der Waals surface area contributed by atoms with E-state index in [1.54, 1.807) is 11.0 Å². The van der Waals surface area contributed by atoms with Gasteiger partial charge in [-0.3, -0.25) is 9.78 Å². The number of aryl methyl sites for hydroxylation is 1. The van der Waals surface area contributed by atoms with Gasteiger partial charge in [0.15, 0.2) is 0 Å². The monoisotopic (exact) mass is 346 g/mol. The number of amides is 1. The maximum absolute atomic E-state index is 12.7. The van der Waals surface area contributed by atoms with E-state index in [0.717, 1.165) is 34.4 Å². The number of aromatic amines is 2. The second kappa shape index (κ2) is 5.48. The van der Waals surface area contributed by atoms with E-state index in [1.165, 1.54) is 7.05 Å². The summed E-state index contributed by atoms with van der Waals surface area (Å²) in [6.07, 6.45) is 1.67. The largest absolute Gasteiger partial charge is 0.343 e. The van der Waals surface area contributed by atoms with Crippen molar-refractivity contribution >= 4 is 28.5 Å². The van der Waals surface area contributed by atoms with Gasteiger partial charge in [-0.25, -0.2) is 14.5 Å². The molecular formula is C15H15ClN6O2. The second-order valence-electron chi connectivity index (χ2n) is 5.84. The van der Waals surface area contributed by atoms with E-state index >= 15 is 0 Å². The highest BCUT2D eigenvalue weighted by Gasteiger charge is 2.34. The number of rotatable bonds is 2. The summed E-state index contributed by atoms with van der Waals surface area (Å²) in [4.78, 5) is 36.2. The Balaban J connectivity index is 1.68. The summed E-state index contributed by atoms with van der Waals surface area (Å²) < 4.78 is 1.11. The Morgan fingerprint density at radius 2 is 2.21 bits per heavy atom. The van der Waals surface area contributed by atoms with Crippen molar-refractivity contribution in [1.29, 1.82) is 0 Å². The third-order valence-electron chi connectivity index (χ3n) is 4.26. The summed E-state index contributed by atoms with van der Waals surface area (Å²) in [7, 11) is 1.50. The van der Waals surface area contributed by atoms with Crippen LogP contribution in [0.15, 0.2) is 23.0 Å². The zero-order valence-electron chi connectivity index (χ0n) is 12.9. The number of H-pyrrole nitrogens is 2. The molecule has 2 N–H and O–H groups in total. The molecule has 2 aromatic heterocycles. The molecule has 0 saturated carbocycles. The summed E-state index contributed by atoms with van der Waals surface area (Å²) in [5.41, 5.74) is 1.23. The molecule has 124 valence electrons. The van der Waals surface area contributed by atoms with Crippen LogP contribution in [0.3, 0.4) is 0 Å². The summed E-state index contributed by atoms with van der Waals surface area (Å²) in [6, 6.07) is 5.26. The van der Waals surface area contributed by atoms with Crippen LogP contribution in [0.2, 0.25) is 5.02 Å². The lowest BCUT2D eigenvalue weighted by Crippen LogP contribution is -2.32. The molecule has 1 aromatic carbocycles. The van der Waals surface area contributed by atoms with Crippen molar-refractivity contribution in [3.8, 4) is 0 Å². The van der Waals surface area contributed by atoms with Crippen molar-refractivity contribution in [2.45, 2.75) is 18.9 Å². The number of halogens is 1. The summed E-state index contributed by atoms with van der Waals surface area (Å²) in [5, 5.41) is 4.57. The van der Waals surface area contributed by atoms with E-state index in [-0.39, 0.29) is 17.8 Å². The molecule has 0 spiro atoms. The van der Waals surface area contributed by atoms with E-state index in [2.05, 4.69) is 20.1 Å². The molecule has 1 unspecified atom stereocenters. The van der Waals surface area contributed by atoms with Crippen LogP contribution in [-0.2, 0) is 7.05 Å². The van der Waals surface area contributed by atoms with Crippen molar-refractivity contribution in [2.75, 3.05) is 6.54 Å². The molecule has 3 aromatic rings. The average Bonchev–Trinajstić information content (AvgIpc) is 3.25. The first kappa shape index (κ1) is 14.9. The number of carbonyl (C=O) groups is 1. The van der Waals surface area contributed by atoms with Crippen molar-refractivity contribution in [1.82, 2.24) is 29.6 Å². The van der Waals surface area contributed by atoms with Crippen LogP contribution in [-0.4, -0.2) is 42.1 Å². The van der Waals surface area contributed by atoms with Gasteiger partial charge >= 0.3 is 5.69 Å². The number of hydrogen-bond donors (Lipinski definition) is 2. The van der Waals surface area contributed by atoms with Gasteiger partial charge in [0.2, 0.25) is 5.82 Å². The number of nitrogens with one attached hydrogen (secondary N) is 2. The number of aromatic nitrogens is 5. The van der Waals surface area contributed by atoms with E-state index < -0.39 is 5.69 Å². The third kappa shape index (κ3) is 2.39. The normalized spacial score (nSPS) is 17.8. The molecule has 1 amide bonds. The summed E-state index contributed by atoms with van der Waals surface area (Å²) in [6.45, 7) is 0.597. The molecule has 24 heavy (non-hydrogen) atoms. The van der Waals surface area contributed by atoms with Gasteiger partial charge in [-0.05, 0) is 31.0 Å².